The molecule has 0 aliphatic heterocycles. The Labute approximate surface area is 160 Å². The Morgan fingerprint density at radius 1 is 0.962 bits per heavy atom. The van der Waals surface area contributed by atoms with E-state index in [-0.39, 0.29) is 5.97 Å². The van der Waals surface area contributed by atoms with Crippen LogP contribution in [-0.2, 0) is 4.74 Å². The number of anilines is 4. The first-order valence-corrected chi connectivity index (χ1v) is 8.31. The lowest BCUT2D eigenvalue weighted by atomic mass is 10.2. The number of benzene rings is 2. The van der Waals surface area contributed by atoms with Crippen LogP contribution < -0.4 is 10.6 Å². The van der Waals surface area contributed by atoms with Gasteiger partial charge in [0.05, 0.1) is 22.7 Å². The van der Waals surface area contributed by atoms with Crippen LogP contribution in [0.4, 0.5) is 23.1 Å². The van der Waals surface area contributed by atoms with Crippen molar-refractivity contribution < 1.29 is 9.53 Å². The topological polar surface area (TPSA) is 76.1 Å². The zero-order chi connectivity index (χ0) is 18.5. The van der Waals surface area contributed by atoms with Crippen LogP contribution in [0.15, 0.2) is 54.7 Å². The first kappa shape index (κ1) is 18.0. The standard InChI is InChI=1S/C18H14Cl2N4O2/c1-26-17(25)11-2-4-12(5-3-11)23-18-21-9-8-16(24-18)22-13-6-7-14(19)15(20)10-13/h2-10H,1H3,(H2,21,22,23,24). The maximum Gasteiger partial charge on any atom is 0.337 e. The summed E-state index contributed by atoms with van der Waals surface area (Å²) in [6.07, 6.45) is 1.62. The first-order valence-electron chi connectivity index (χ1n) is 7.55. The van der Waals surface area contributed by atoms with Crippen LogP contribution in [0.3, 0.4) is 0 Å². The van der Waals surface area contributed by atoms with Gasteiger partial charge >= 0.3 is 5.97 Å². The predicted molar refractivity (Wildman–Crippen MR) is 103 cm³/mol. The summed E-state index contributed by atoms with van der Waals surface area (Å²) in [5, 5.41) is 7.15. The molecule has 0 aliphatic carbocycles. The number of carbonyl (C=O) groups is 1. The Kier molecular flexibility index (Phi) is 5.55. The van der Waals surface area contributed by atoms with Gasteiger partial charge in [-0.15, -0.1) is 0 Å². The molecule has 0 saturated heterocycles. The first-order chi connectivity index (χ1) is 12.5. The number of carbonyl (C=O) groups excluding carboxylic acids is 1. The summed E-state index contributed by atoms with van der Waals surface area (Å²) in [6, 6.07) is 13.8. The Morgan fingerprint density at radius 3 is 2.38 bits per heavy atom. The van der Waals surface area contributed by atoms with E-state index in [1.807, 2.05) is 0 Å². The largest absolute Gasteiger partial charge is 0.465 e. The molecule has 1 heterocycles. The fraction of sp³-hybridized carbons (Fsp3) is 0.0556. The molecule has 0 saturated carbocycles. The maximum atomic E-state index is 11.5. The van der Waals surface area contributed by atoms with Gasteiger partial charge in [0.1, 0.15) is 5.82 Å². The van der Waals surface area contributed by atoms with E-state index in [0.29, 0.717) is 27.4 Å². The van der Waals surface area contributed by atoms with Gasteiger partial charge in [-0.3, -0.25) is 0 Å². The molecule has 0 atom stereocenters. The van der Waals surface area contributed by atoms with Crippen molar-refractivity contribution in [3.63, 3.8) is 0 Å². The SMILES string of the molecule is COC(=O)c1ccc(Nc2nccc(Nc3ccc(Cl)c(Cl)c3)n2)cc1. The molecular formula is C18H14Cl2N4O2. The number of nitrogens with zero attached hydrogens (tertiary/aromatic N) is 2. The minimum atomic E-state index is -0.388. The van der Waals surface area contributed by atoms with Crippen molar-refractivity contribution in [2.24, 2.45) is 0 Å². The molecule has 26 heavy (non-hydrogen) atoms. The van der Waals surface area contributed by atoms with Gasteiger partial charge in [-0.05, 0) is 48.5 Å². The van der Waals surface area contributed by atoms with Gasteiger partial charge in [0, 0.05) is 17.6 Å². The number of esters is 1. The van der Waals surface area contributed by atoms with Gasteiger partial charge in [-0.25, -0.2) is 9.78 Å². The van der Waals surface area contributed by atoms with Crippen LogP contribution in [0.25, 0.3) is 0 Å². The monoisotopic (exact) mass is 388 g/mol. The van der Waals surface area contributed by atoms with Crippen LogP contribution in [0.1, 0.15) is 10.4 Å². The number of ether oxygens (including phenoxy) is 1. The molecule has 0 bridgehead atoms. The second-order valence-corrected chi connectivity index (χ2v) is 6.03. The van der Waals surface area contributed by atoms with E-state index in [9.17, 15) is 4.79 Å². The maximum absolute atomic E-state index is 11.5. The molecule has 132 valence electrons. The molecule has 3 aromatic rings. The molecular weight excluding hydrogens is 375 g/mol. The lowest BCUT2D eigenvalue weighted by Gasteiger charge is -2.09. The summed E-state index contributed by atoms with van der Waals surface area (Å²) in [7, 11) is 1.34. The fourth-order valence-corrected chi connectivity index (χ4v) is 2.44. The molecule has 0 amide bonds. The third kappa shape index (κ3) is 4.41. The molecule has 0 unspecified atom stereocenters. The molecule has 0 fully saturated rings. The van der Waals surface area contributed by atoms with E-state index in [1.165, 1.54) is 7.11 Å². The van der Waals surface area contributed by atoms with Crippen molar-refractivity contribution in [3.05, 3.63) is 70.3 Å². The highest BCUT2D eigenvalue weighted by atomic mass is 35.5. The van der Waals surface area contributed by atoms with Gasteiger partial charge in [-0.1, -0.05) is 23.2 Å². The van der Waals surface area contributed by atoms with E-state index < -0.39 is 0 Å². The van der Waals surface area contributed by atoms with Gasteiger partial charge in [0.2, 0.25) is 5.95 Å². The Morgan fingerprint density at radius 2 is 1.69 bits per heavy atom. The van der Waals surface area contributed by atoms with Crippen molar-refractivity contribution in [2.75, 3.05) is 17.7 Å². The van der Waals surface area contributed by atoms with E-state index >= 15 is 0 Å². The van der Waals surface area contributed by atoms with E-state index in [1.54, 1.807) is 54.7 Å². The minimum absolute atomic E-state index is 0.388. The normalized spacial score (nSPS) is 10.3. The molecule has 3 rings (SSSR count). The van der Waals surface area contributed by atoms with E-state index in [2.05, 4.69) is 25.3 Å². The second kappa shape index (κ2) is 8.03. The zero-order valence-electron chi connectivity index (χ0n) is 13.7. The van der Waals surface area contributed by atoms with Crippen molar-refractivity contribution in [3.8, 4) is 0 Å². The van der Waals surface area contributed by atoms with Crippen LogP contribution in [-0.4, -0.2) is 23.0 Å². The van der Waals surface area contributed by atoms with Gasteiger partial charge in [0.25, 0.3) is 0 Å². The third-order valence-electron chi connectivity index (χ3n) is 3.41. The number of rotatable bonds is 5. The molecule has 1 aromatic heterocycles. The zero-order valence-corrected chi connectivity index (χ0v) is 15.2. The summed E-state index contributed by atoms with van der Waals surface area (Å²) in [6.45, 7) is 0. The summed E-state index contributed by atoms with van der Waals surface area (Å²) >= 11 is 11.9. The van der Waals surface area contributed by atoms with E-state index in [4.69, 9.17) is 23.2 Å². The summed E-state index contributed by atoms with van der Waals surface area (Å²) < 4.78 is 4.67. The summed E-state index contributed by atoms with van der Waals surface area (Å²) in [5.41, 5.74) is 1.96. The second-order valence-electron chi connectivity index (χ2n) is 5.21. The van der Waals surface area contributed by atoms with Crippen molar-refractivity contribution in [2.45, 2.75) is 0 Å². The minimum Gasteiger partial charge on any atom is -0.465 e. The highest BCUT2D eigenvalue weighted by Gasteiger charge is 2.06. The van der Waals surface area contributed by atoms with E-state index in [0.717, 1.165) is 11.4 Å². The number of nitrogens with one attached hydrogen (secondary N) is 2. The average molecular weight is 389 g/mol. The fourth-order valence-electron chi connectivity index (χ4n) is 2.15. The Hall–Kier alpha value is -2.83. The molecule has 8 heteroatoms. The van der Waals surface area contributed by atoms with Gasteiger partial charge in [-0.2, -0.15) is 4.98 Å². The summed E-state index contributed by atoms with van der Waals surface area (Å²) in [5.74, 6) is 0.605. The Balaban J connectivity index is 1.72. The number of halogens is 2. The number of hydrogen-bond donors (Lipinski definition) is 2. The molecule has 0 radical (unpaired) electrons. The number of methoxy groups -OCH3 is 1. The molecule has 2 N–H and O–H groups in total. The average Bonchev–Trinajstić information content (AvgIpc) is 2.65. The molecule has 2 aromatic carbocycles. The van der Waals surface area contributed by atoms with Crippen LogP contribution in [0, 0.1) is 0 Å². The van der Waals surface area contributed by atoms with Crippen LogP contribution in [0.2, 0.25) is 10.0 Å². The summed E-state index contributed by atoms with van der Waals surface area (Å²) in [4.78, 5) is 20.0. The van der Waals surface area contributed by atoms with Crippen molar-refractivity contribution in [1.82, 2.24) is 9.97 Å². The van der Waals surface area contributed by atoms with Crippen molar-refractivity contribution >= 4 is 52.3 Å². The lowest BCUT2D eigenvalue weighted by Crippen LogP contribution is -2.02. The molecule has 6 nitrogen and oxygen atoms in total. The van der Waals surface area contributed by atoms with Gasteiger partial charge in [0.15, 0.2) is 0 Å². The predicted octanol–water partition coefficient (Wildman–Crippen LogP) is 5.06. The third-order valence-corrected chi connectivity index (χ3v) is 4.15. The smallest absolute Gasteiger partial charge is 0.337 e. The van der Waals surface area contributed by atoms with Crippen LogP contribution in [0.5, 0.6) is 0 Å². The highest BCUT2D eigenvalue weighted by molar-refractivity contribution is 6.42. The Bertz CT molecular complexity index is 933. The van der Waals surface area contributed by atoms with Gasteiger partial charge < -0.3 is 15.4 Å². The van der Waals surface area contributed by atoms with Crippen LogP contribution >= 0.6 is 23.2 Å². The number of aromatic nitrogens is 2. The lowest BCUT2D eigenvalue weighted by molar-refractivity contribution is 0.0601. The molecule has 0 spiro atoms. The van der Waals surface area contributed by atoms with Crippen molar-refractivity contribution in [1.29, 1.82) is 0 Å². The molecule has 0 aliphatic rings. The quantitative estimate of drug-likeness (QED) is 0.595. The highest BCUT2D eigenvalue weighted by Crippen LogP contribution is 2.26. The number of hydrogen-bond acceptors (Lipinski definition) is 6.